The van der Waals surface area contributed by atoms with Crippen LogP contribution in [-0.4, -0.2) is 16.9 Å². The van der Waals surface area contributed by atoms with Gasteiger partial charge < -0.3 is 10.5 Å². The van der Waals surface area contributed by atoms with Gasteiger partial charge in [-0.1, -0.05) is 27.5 Å². The zero-order valence-corrected chi connectivity index (χ0v) is 15.2. The first-order valence-corrected chi connectivity index (χ1v) is 8.75. The highest BCUT2D eigenvalue weighted by atomic mass is 79.9. The number of nitrogen functional groups attached to an aromatic ring is 1. The fourth-order valence-corrected chi connectivity index (χ4v) is 3.52. The summed E-state index contributed by atoms with van der Waals surface area (Å²) in [6.07, 6.45) is 6.79. The van der Waals surface area contributed by atoms with Gasteiger partial charge in [-0.3, -0.25) is 4.79 Å². The van der Waals surface area contributed by atoms with Crippen LogP contribution in [0.4, 0.5) is 5.82 Å². The van der Waals surface area contributed by atoms with E-state index in [-0.39, 0.29) is 11.9 Å². The van der Waals surface area contributed by atoms with Crippen molar-refractivity contribution >= 4 is 45.2 Å². The molecule has 0 spiro atoms. The van der Waals surface area contributed by atoms with Gasteiger partial charge in [-0.05, 0) is 48.4 Å². The van der Waals surface area contributed by atoms with Gasteiger partial charge in [0.2, 0.25) is 0 Å². The SMILES string of the molecule is Nc1ccc(/C=C/C(=O)CCC2Cc3cc(Br)cc(Cl)c3O2)cn1. The molecule has 0 aliphatic carbocycles. The van der Waals surface area contributed by atoms with Gasteiger partial charge in [-0.15, -0.1) is 0 Å². The van der Waals surface area contributed by atoms with Crippen molar-refractivity contribution in [3.05, 3.63) is 57.2 Å². The van der Waals surface area contributed by atoms with Crippen LogP contribution in [0, 0.1) is 0 Å². The number of allylic oxidation sites excluding steroid dienone is 1. The second-order valence-corrected chi connectivity index (χ2v) is 7.00. The first-order valence-electron chi connectivity index (χ1n) is 7.58. The van der Waals surface area contributed by atoms with E-state index in [1.54, 1.807) is 24.4 Å². The van der Waals surface area contributed by atoms with Crippen LogP contribution in [0.15, 0.2) is 41.0 Å². The lowest BCUT2D eigenvalue weighted by atomic mass is 10.0. The van der Waals surface area contributed by atoms with Crippen LogP contribution < -0.4 is 10.5 Å². The van der Waals surface area contributed by atoms with Crippen molar-refractivity contribution in [1.29, 1.82) is 0 Å². The highest BCUT2D eigenvalue weighted by Crippen LogP contribution is 2.39. The van der Waals surface area contributed by atoms with E-state index >= 15 is 0 Å². The molecule has 2 aromatic rings. The minimum Gasteiger partial charge on any atom is -0.488 e. The summed E-state index contributed by atoms with van der Waals surface area (Å²) in [7, 11) is 0. The molecule has 124 valence electrons. The van der Waals surface area contributed by atoms with Gasteiger partial charge in [-0.25, -0.2) is 4.98 Å². The van der Waals surface area contributed by atoms with E-state index in [0.29, 0.717) is 23.7 Å². The number of benzene rings is 1. The smallest absolute Gasteiger partial charge is 0.155 e. The van der Waals surface area contributed by atoms with Crippen LogP contribution in [0.1, 0.15) is 24.0 Å². The lowest BCUT2D eigenvalue weighted by Crippen LogP contribution is -2.14. The number of nitrogens with two attached hydrogens (primary N) is 1. The molecular weight excluding hydrogens is 392 g/mol. The summed E-state index contributed by atoms with van der Waals surface area (Å²) >= 11 is 9.61. The van der Waals surface area contributed by atoms with Crippen molar-refractivity contribution < 1.29 is 9.53 Å². The van der Waals surface area contributed by atoms with E-state index in [1.807, 2.05) is 18.2 Å². The standard InChI is InChI=1S/C18H16BrClN2O2/c19-13-7-12-8-15(24-18(12)16(20)9-13)5-4-14(23)3-1-11-2-6-17(21)22-10-11/h1-3,6-7,9-10,15H,4-5,8H2,(H2,21,22)/b3-1+. The van der Waals surface area contributed by atoms with Crippen molar-refractivity contribution in [2.75, 3.05) is 5.73 Å². The number of nitrogens with zero attached hydrogens (tertiary/aromatic N) is 1. The van der Waals surface area contributed by atoms with Crippen LogP contribution >= 0.6 is 27.5 Å². The third-order valence-corrected chi connectivity index (χ3v) is 4.54. The maximum atomic E-state index is 12.0. The molecule has 3 rings (SSSR count). The van der Waals surface area contributed by atoms with E-state index < -0.39 is 0 Å². The monoisotopic (exact) mass is 406 g/mol. The maximum absolute atomic E-state index is 12.0. The van der Waals surface area contributed by atoms with Gasteiger partial charge in [0.05, 0.1) is 5.02 Å². The number of ether oxygens (including phenoxy) is 1. The fraction of sp³-hybridized carbons (Fsp3) is 0.222. The van der Waals surface area contributed by atoms with Crippen molar-refractivity contribution in [2.45, 2.75) is 25.4 Å². The summed E-state index contributed by atoms with van der Waals surface area (Å²) in [6.45, 7) is 0. The van der Waals surface area contributed by atoms with Crippen molar-refractivity contribution in [2.24, 2.45) is 0 Å². The lowest BCUT2D eigenvalue weighted by Gasteiger charge is -2.09. The summed E-state index contributed by atoms with van der Waals surface area (Å²) in [4.78, 5) is 16.0. The molecular formula is C18H16BrClN2O2. The highest BCUT2D eigenvalue weighted by Gasteiger charge is 2.25. The number of ketones is 1. The van der Waals surface area contributed by atoms with Crippen LogP contribution in [0.5, 0.6) is 5.75 Å². The number of carbonyl (C=O) groups excluding carboxylic acids is 1. The molecule has 24 heavy (non-hydrogen) atoms. The van der Waals surface area contributed by atoms with Crippen LogP contribution in [0.3, 0.4) is 0 Å². The summed E-state index contributed by atoms with van der Waals surface area (Å²) in [5.41, 5.74) is 7.45. The Morgan fingerprint density at radius 1 is 1.46 bits per heavy atom. The Morgan fingerprint density at radius 2 is 2.29 bits per heavy atom. The Kier molecular flexibility index (Phi) is 5.21. The predicted molar refractivity (Wildman–Crippen MR) is 99.2 cm³/mol. The molecule has 0 saturated carbocycles. The van der Waals surface area contributed by atoms with Gasteiger partial charge in [0, 0.05) is 29.1 Å². The first kappa shape index (κ1) is 17.0. The molecule has 0 fully saturated rings. The summed E-state index contributed by atoms with van der Waals surface area (Å²) in [5, 5.41) is 0.601. The molecule has 0 amide bonds. The largest absolute Gasteiger partial charge is 0.488 e. The molecule has 0 saturated heterocycles. The lowest BCUT2D eigenvalue weighted by molar-refractivity contribution is -0.114. The fourth-order valence-electron chi connectivity index (χ4n) is 2.60. The molecule has 1 atom stereocenters. The van der Waals surface area contributed by atoms with E-state index in [4.69, 9.17) is 22.1 Å². The molecule has 6 heteroatoms. The van der Waals surface area contributed by atoms with Crippen molar-refractivity contribution in [3.8, 4) is 5.75 Å². The van der Waals surface area contributed by atoms with Crippen molar-refractivity contribution in [3.63, 3.8) is 0 Å². The Labute approximate surface area is 153 Å². The van der Waals surface area contributed by atoms with Gasteiger partial charge in [0.1, 0.15) is 17.7 Å². The zero-order valence-electron chi connectivity index (χ0n) is 12.8. The first-order chi connectivity index (χ1) is 11.5. The number of hydrogen-bond acceptors (Lipinski definition) is 4. The predicted octanol–water partition coefficient (Wildman–Crippen LogP) is 4.45. The van der Waals surface area contributed by atoms with E-state index in [2.05, 4.69) is 20.9 Å². The minimum absolute atomic E-state index is 0.0117. The average molecular weight is 408 g/mol. The van der Waals surface area contributed by atoms with Gasteiger partial charge in [0.25, 0.3) is 0 Å². The number of aromatic nitrogens is 1. The molecule has 0 radical (unpaired) electrons. The van der Waals surface area contributed by atoms with Crippen LogP contribution in [0.25, 0.3) is 6.08 Å². The maximum Gasteiger partial charge on any atom is 0.155 e. The molecule has 2 heterocycles. The normalized spacial score (nSPS) is 16.2. The number of halogens is 2. The third-order valence-electron chi connectivity index (χ3n) is 3.80. The van der Waals surface area contributed by atoms with Gasteiger partial charge in [-0.2, -0.15) is 0 Å². The van der Waals surface area contributed by atoms with Gasteiger partial charge in [0.15, 0.2) is 5.78 Å². The van der Waals surface area contributed by atoms with Gasteiger partial charge >= 0.3 is 0 Å². The highest BCUT2D eigenvalue weighted by molar-refractivity contribution is 9.10. The number of pyridine rings is 1. The molecule has 1 aromatic carbocycles. The van der Waals surface area contributed by atoms with Crippen LogP contribution in [-0.2, 0) is 11.2 Å². The second kappa shape index (κ2) is 7.36. The summed E-state index contributed by atoms with van der Waals surface area (Å²) in [6, 6.07) is 7.35. The molecule has 1 aliphatic rings. The summed E-state index contributed by atoms with van der Waals surface area (Å²) < 4.78 is 6.80. The zero-order chi connectivity index (χ0) is 17.1. The molecule has 1 aromatic heterocycles. The molecule has 2 N–H and O–H groups in total. The number of hydrogen-bond donors (Lipinski definition) is 1. The molecule has 1 aliphatic heterocycles. The number of anilines is 1. The average Bonchev–Trinajstić information content (AvgIpc) is 2.95. The third kappa shape index (κ3) is 4.16. The Balaban J connectivity index is 1.52. The number of rotatable bonds is 5. The molecule has 4 nitrogen and oxygen atoms in total. The number of carbonyl (C=O) groups is 1. The van der Waals surface area contributed by atoms with E-state index in [1.165, 1.54) is 0 Å². The van der Waals surface area contributed by atoms with Crippen LogP contribution in [0.2, 0.25) is 5.02 Å². The molecule has 0 bridgehead atoms. The molecule has 1 unspecified atom stereocenters. The van der Waals surface area contributed by atoms with E-state index in [0.717, 1.165) is 27.8 Å². The van der Waals surface area contributed by atoms with Crippen molar-refractivity contribution in [1.82, 2.24) is 4.98 Å². The summed E-state index contributed by atoms with van der Waals surface area (Å²) in [5.74, 6) is 1.25. The number of fused-ring (bicyclic) bond motifs is 1. The Bertz CT molecular complexity index is 790. The Hall–Kier alpha value is -1.85. The minimum atomic E-state index is -0.0117. The van der Waals surface area contributed by atoms with E-state index in [9.17, 15) is 4.79 Å². The quantitative estimate of drug-likeness (QED) is 0.744. The second-order valence-electron chi connectivity index (χ2n) is 5.67. The Morgan fingerprint density at radius 3 is 3.04 bits per heavy atom. The topological polar surface area (TPSA) is 65.2 Å².